The number of anilines is 3. The first-order valence-corrected chi connectivity index (χ1v) is 10.8. The number of aryl methyl sites for hydroxylation is 2. The average Bonchev–Trinajstić information content (AvgIpc) is 3.16. The minimum absolute atomic E-state index is 0.263. The summed E-state index contributed by atoms with van der Waals surface area (Å²) in [6.45, 7) is 5.71. The Labute approximate surface area is 181 Å². The van der Waals surface area contributed by atoms with Gasteiger partial charge in [-0.1, -0.05) is 48.0 Å². The Hall–Kier alpha value is -3.61. The molecule has 1 aliphatic rings. The van der Waals surface area contributed by atoms with Crippen molar-refractivity contribution in [1.82, 2.24) is 20.2 Å². The van der Waals surface area contributed by atoms with Crippen LogP contribution in [0, 0.1) is 6.92 Å². The maximum Gasteiger partial charge on any atom is 0.224 e. The molecule has 3 heterocycles. The summed E-state index contributed by atoms with van der Waals surface area (Å²) in [6, 6.07) is 17.5. The van der Waals surface area contributed by atoms with Crippen LogP contribution in [0.1, 0.15) is 23.1 Å². The molecule has 3 N–H and O–H groups in total. The van der Waals surface area contributed by atoms with Crippen LogP contribution in [0.25, 0.3) is 11.0 Å². The number of nitrogens with one attached hydrogen (secondary N) is 1. The van der Waals surface area contributed by atoms with Crippen LogP contribution in [0.2, 0.25) is 0 Å². The van der Waals surface area contributed by atoms with Crippen LogP contribution >= 0.6 is 0 Å². The Morgan fingerprint density at radius 1 is 1.03 bits per heavy atom. The normalized spacial score (nSPS) is 14.0. The molecule has 0 radical (unpaired) electrons. The van der Waals surface area contributed by atoms with Gasteiger partial charge in [0.05, 0.1) is 11.6 Å². The van der Waals surface area contributed by atoms with E-state index in [0.29, 0.717) is 5.65 Å². The van der Waals surface area contributed by atoms with Gasteiger partial charge in [-0.25, -0.2) is 0 Å². The second-order valence-corrected chi connectivity index (χ2v) is 8.16. The molecule has 31 heavy (non-hydrogen) atoms. The van der Waals surface area contributed by atoms with E-state index in [2.05, 4.69) is 85.4 Å². The number of nitrogens with zero attached hydrogens (tertiary/aromatic N) is 5. The molecule has 2 aromatic carbocycles. The molecule has 0 unspecified atom stereocenters. The Balaban J connectivity index is 1.37. The van der Waals surface area contributed by atoms with Crippen LogP contribution in [0.15, 0.2) is 54.7 Å². The molecule has 0 spiro atoms. The summed E-state index contributed by atoms with van der Waals surface area (Å²) in [4.78, 5) is 13.6. The van der Waals surface area contributed by atoms with Crippen molar-refractivity contribution < 1.29 is 0 Å². The molecular formula is C24H27N7. The monoisotopic (exact) mass is 413 g/mol. The number of aromatic amines is 1. The number of fused-ring (bicyclic) bond motifs is 2. The third kappa shape index (κ3) is 4.03. The van der Waals surface area contributed by atoms with Crippen molar-refractivity contribution in [1.29, 1.82) is 0 Å². The fourth-order valence-electron chi connectivity index (χ4n) is 4.32. The topological polar surface area (TPSA) is 87.0 Å². The number of nitrogens with two attached hydrogens (primary N) is 1. The molecule has 0 bridgehead atoms. The van der Waals surface area contributed by atoms with Gasteiger partial charge in [-0.3, -0.25) is 5.10 Å². The molecule has 5 rings (SSSR count). The third-order valence-corrected chi connectivity index (χ3v) is 5.95. The molecule has 0 fully saturated rings. The van der Waals surface area contributed by atoms with Crippen LogP contribution in [0.4, 0.5) is 17.5 Å². The molecule has 0 saturated heterocycles. The fraction of sp³-hybridized carbons (Fsp3) is 0.292. The van der Waals surface area contributed by atoms with Crippen molar-refractivity contribution in [2.24, 2.45) is 0 Å². The van der Waals surface area contributed by atoms with Crippen molar-refractivity contribution in [2.75, 3.05) is 35.2 Å². The molecule has 1 aliphatic heterocycles. The number of hydrogen-bond donors (Lipinski definition) is 2. The lowest BCUT2D eigenvalue weighted by Gasteiger charge is -2.25. The van der Waals surface area contributed by atoms with Crippen LogP contribution < -0.4 is 15.5 Å². The molecule has 7 heteroatoms. The second kappa shape index (κ2) is 8.26. The Morgan fingerprint density at radius 2 is 1.87 bits per heavy atom. The molecule has 0 amide bonds. The second-order valence-electron chi connectivity index (χ2n) is 8.16. The lowest BCUT2D eigenvalue weighted by Crippen LogP contribution is -2.32. The van der Waals surface area contributed by atoms with E-state index in [-0.39, 0.29) is 5.95 Å². The largest absolute Gasteiger partial charge is 0.369 e. The molecule has 2 aromatic heterocycles. The Morgan fingerprint density at radius 3 is 2.74 bits per heavy atom. The van der Waals surface area contributed by atoms with Gasteiger partial charge in [0.25, 0.3) is 0 Å². The number of rotatable bonds is 5. The van der Waals surface area contributed by atoms with Crippen molar-refractivity contribution in [2.45, 2.75) is 26.3 Å². The number of para-hydroxylation sites is 1. The average molecular weight is 414 g/mol. The van der Waals surface area contributed by atoms with Crippen LogP contribution in [0.3, 0.4) is 0 Å². The quantitative estimate of drug-likeness (QED) is 0.519. The Kier molecular flexibility index (Phi) is 5.16. The van der Waals surface area contributed by atoms with Crippen molar-refractivity contribution >= 4 is 28.5 Å². The highest BCUT2D eigenvalue weighted by atomic mass is 15.3. The number of H-pyrrole nitrogens is 1. The van der Waals surface area contributed by atoms with Gasteiger partial charge in [0.15, 0.2) is 5.65 Å². The van der Waals surface area contributed by atoms with Gasteiger partial charge in [0, 0.05) is 31.9 Å². The summed E-state index contributed by atoms with van der Waals surface area (Å²) in [5.74, 6) is 1.10. The van der Waals surface area contributed by atoms with Crippen LogP contribution in [0.5, 0.6) is 0 Å². The maximum absolute atomic E-state index is 5.97. The highest BCUT2D eigenvalue weighted by molar-refractivity contribution is 5.87. The van der Waals surface area contributed by atoms with E-state index in [0.717, 1.165) is 50.2 Å². The minimum atomic E-state index is 0.263. The van der Waals surface area contributed by atoms with E-state index < -0.39 is 0 Å². The summed E-state index contributed by atoms with van der Waals surface area (Å²) in [7, 11) is 0. The lowest BCUT2D eigenvalue weighted by molar-refractivity contribution is 0.714. The van der Waals surface area contributed by atoms with Gasteiger partial charge >= 0.3 is 0 Å². The summed E-state index contributed by atoms with van der Waals surface area (Å²) < 4.78 is 0. The van der Waals surface area contributed by atoms with E-state index in [1.165, 1.54) is 22.4 Å². The standard InChI is InChI=1S/C24H27N7/c1-17-8-10-18(11-9-17)5-4-12-30-13-14-31(16-19-6-2-3-7-21(19)30)23-20-15-26-29-22(20)27-24(25)28-23/h2-3,6-11,15H,4-5,12-14,16H2,1H3,(H3,25,26,27,28,29). The molecule has 158 valence electrons. The van der Waals surface area contributed by atoms with E-state index in [9.17, 15) is 0 Å². The maximum atomic E-state index is 5.97. The van der Waals surface area contributed by atoms with Gasteiger partial charge in [0.1, 0.15) is 5.82 Å². The van der Waals surface area contributed by atoms with E-state index in [4.69, 9.17) is 5.73 Å². The SMILES string of the molecule is Cc1ccc(CCCN2CCN(c3nc(N)nc4[nH]ncc34)Cc3ccccc32)cc1. The van der Waals surface area contributed by atoms with Gasteiger partial charge < -0.3 is 15.5 Å². The minimum Gasteiger partial charge on any atom is -0.369 e. The molecule has 0 aliphatic carbocycles. The van der Waals surface area contributed by atoms with E-state index >= 15 is 0 Å². The van der Waals surface area contributed by atoms with Crippen LogP contribution in [-0.2, 0) is 13.0 Å². The van der Waals surface area contributed by atoms with Crippen LogP contribution in [-0.4, -0.2) is 39.8 Å². The van der Waals surface area contributed by atoms with Gasteiger partial charge in [-0.2, -0.15) is 15.1 Å². The smallest absolute Gasteiger partial charge is 0.224 e. The fourth-order valence-corrected chi connectivity index (χ4v) is 4.32. The third-order valence-electron chi connectivity index (χ3n) is 5.95. The first-order valence-electron chi connectivity index (χ1n) is 10.8. The highest BCUT2D eigenvalue weighted by Crippen LogP contribution is 2.30. The number of hydrogen-bond acceptors (Lipinski definition) is 6. The zero-order valence-corrected chi connectivity index (χ0v) is 17.8. The lowest BCUT2D eigenvalue weighted by atomic mass is 10.1. The Bertz CT molecular complexity index is 1180. The summed E-state index contributed by atoms with van der Waals surface area (Å²) in [6.07, 6.45) is 3.98. The molecule has 0 saturated carbocycles. The van der Waals surface area contributed by atoms with E-state index in [1.807, 2.05) is 0 Å². The van der Waals surface area contributed by atoms with Gasteiger partial charge in [-0.05, 0) is 37.0 Å². The summed E-state index contributed by atoms with van der Waals surface area (Å²) in [5, 5.41) is 7.95. The number of aromatic nitrogens is 4. The predicted octanol–water partition coefficient (Wildman–Crippen LogP) is 3.70. The summed E-state index contributed by atoms with van der Waals surface area (Å²) in [5.41, 5.74) is 12.0. The molecule has 4 aromatic rings. The zero-order valence-electron chi connectivity index (χ0n) is 17.8. The molecular weight excluding hydrogens is 386 g/mol. The summed E-state index contributed by atoms with van der Waals surface area (Å²) >= 11 is 0. The van der Waals surface area contributed by atoms with Crippen molar-refractivity contribution in [3.63, 3.8) is 0 Å². The van der Waals surface area contributed by atoms with Gasteiger partial charge in [0.2, 0.25) is 5.95 Å². The number of benzene rings is 2. The first-order chi connectivity index (χ1) is 15.2. The molecule has 0 atom stereocenters. The number of nitrogen functional groups attached to an aromatic ring is 1. The van der Waals surface area contributed by atoms with Crippen molar-refractivity contribution in [3.05, 3.63) is 71.4 Å². The van der Waals surface area contributed by atoms with E-state index in [1.54, 1.807) is 6.20 Å². The van der Waals surface area contributed by atoms with Gasteiger partial charge in [-0.15, -0.1) is 0 Å². The molecule has 7 nitrogen and oxygen atoms in total. The van der Waals surface area contributed by atoms with Crippen molar-refractivity contribution in [3.8, 4) is 0 Å². The zero-order chi connectivity index (χ0) is 21.2. The predicted molar refractivity (Wildman–Crippen MR) is 125 cm³/mol. The first kappa shape index (κ1) is 19.4. The highest BCUT2D eigenvalue weighted by Gasteiger charge is 2.22.